The zero-order valence-corrected chi connectivity index (χ0v) is 15.2. The summed E-state index contributed by atoms with van der Waals surface area (Å²) in [6, 6.07) is 18.5. The van der Waals surface area contributed by atoms with Crippen molar-refractivity contribution in [3.05, 3.63) is 76.9 Å². The van der Waals surface area contributed by atoms with Gasteiger partial charge >= 0.3 is 5.97 Å². The molecule has 0 saturated carbocycles. The van der Waals surface area contributed by atoms with Crippen molar-refractivity contribution in [2.24, 2.45) is 0 Å². The number of carbonyl (C=O) groups excluding carboxylic acids is 1. The highest BCUT2D eigenvalue weighted by molar-refractivity contribution is 7.18. The minimum Gasteiger partial charge on any atom is -0.477 e. The lowest BCUT2D eigenvalue weighted by atomic mass is 10.1. The summed E-state index contributed by atoms with van der Waals surface area (Å²) in [4.78, 5) is 25.2. The van der Waals surface area contributed by atoms with Crippen molar-refractivity contribution in [2.75, 3.05) is 5.32 Å². The van der Waals surface area contributed by atoms with Gasteiger partial charge in [0.1, 0.15) is 10.5 Å². The molecular weight excluding hydrogens is 362 g/mol. The van der Waals surface area contributed by atoms with Crippen molar-refractivity contribution in [2.45, 2.75) is 6.92 Å². The predicted molar refractivity (Wildman–Crippen MR) is 106 cm³/mol. The summed E-state index contributed by atoms with van der Waals surface area (Å²) in [6.45, 7) is 1.81. The van der Waals surface area contributed by atoms with Gasteiger partial charge in [0.25, 0.3) is 5.91 Å². The zero-order valence-electron chi connectivity index (χ0n) is 14.4. The standard InChI is InChI=1S/C21H15NO4S/c1-12-14-9-5-6-10-16(14)26-18(12)20(23)22-15-11-17(27-19(15)21(24)25)13-7-3-2-4-8-13/h2-11H,1H3,(H,22,23)(H,24,25). The monoisotopic (exact) mass is 377 g/mol. The molecule has 2 aromatic carbocycles. The van der Waals surface area contributed by atoms with Crippen molar-refractivity contribution in [3.8, 4) is 10.4 Å². The molecule has 0 radical (unpaired) electrons. The number of furan rings is 1. The molecule has 4 aromatic rings. The number of aromatic carboxylic acids is 1. The number of benzene rings is 2. The molecule has 27 heavy (non-hydrogen) atoms. The van der Waals surface area contributed by atoms with Gasteiger partial charge in [-0.2, -0.15) is 0 Å². The average Bonchev–Trinajstić information content (AvgIpc) is 3.24. The van der Waals surface area contributed by atoms with Gasteiger partial charge in [-0.1, -0.05) is 48.5 Å². The maximum atomic E-state index is 12.7. The van der Waals surface area contributed by atoms with Crippen LogP contribution in [0.3, 0.4) is 0 Å². The van der Waals surface area contributed by atoms with Crippen molar-refractivity contribution >= 4 is 39.9 Å². The quantitative estimate of drug-likeness (QED) is 0.498. The molecule has 0 fully saturated rings. The van der Waals surface area contributed by atoms with Gasteiger partial charge in [-0.3, -0.25) is 4.79 Å². The van der Waals surface area contributed by atoms with E-state index >= 15 is 0 Å². The Morgan fingerprint density at radius 3 is 2.44 bits per heavy atom. The van der Waals surface area contributed by atoms with Gasteiger partial charge in [-0.15, -0.1) is 11.3 Å². The zero-order chi connectivity index (χ0) is 19.0. The first kappa shape index (κ1) is 17.1. The number of para-hydroxylation sites is 1. The number of rotatable bonds is 4. The number of fused-ring (bicyclic) bond motifs is 1. The minimum absolute atomic E-state index is 0.0796. The highest BCUT2D eigenvalue weighted by atomic mass is 32.1. The number of thiophene rings is 1. The van der Waals surface area contributed by atoms with Crippen LogP contribution in [0.4, 0.5) is 5.69 Å². The molecule has 6 heteroatoms. The van der Waals surface area contributed by atoms with E-state index in [-0.39, 0.29) is 16.3 Å². The molecule has 1 amide bonds. The summed E-state index contributed by atoms with van der Waals surface area (Å²) in [5.74, 6) is -1.37. The molecule has 0 spiro atoms. The topological polar surface area (TPSA) is 79.5 Å². The number of aryl methyl sites for hydroxylation is 1. The summed E-state index contributed by atoms with van der Waals surface area (Å²) in [5.41, 5.74) is 2.49. The normalized spacial score (nSPS) is 10.9. The van der Waals surface area contributed by atoms with Gasteiger partial charge in [0.15, 0.2) is 5.76 Å². The van der Waals surface area contributed by atoms with Crippen LogP contribution in [0.25, 0.3) is 21.4 Å². The molecule has 0 saturated heterocycles. The molecule has 2 heterocycles. The van der Waals surface area contributed by atoms with Crippen LogP contribution in [-0.2, 0) is 0 Å². The summed E-state index contributed by atoms with van der Waals surface area (Å²) in [5, 5.41) is 13.1. The van der Waals surface area contributed by atoms with E-state index in [1.165, 1.54) is 0 Å². The van der Waals surface area contributed by atoms with Gasteiger partial charge in [-0.25, -0.2) is 4.79 Å². The third-order valence-corrected chi connectivity index (χ3v) is 5.45. The van der Waals surface area contributed by atoms with Crippen LogP contribution in [0.5, 0.6) is 0 Å². The van der Waals surface area contributed by atoms with Crippen LogP contribution in [-0.4, -0.2) is 17.0 Å². The van der Waals surface area contributed by atoms with E-state index in [4.69, 9.17) is 4.42 Å². The largest absolute Gasteiger partial charge is 0.477 e. The molecular formula is C21H15NO4S. The molecule has 0 bridgehead atoms. The van der Waals surface area contributed by atoms with Crippen molar-refractivity contribution in [3.63, 3.8) is 0 Å². The van der Waals surface area contributed by atoms with Crippen molar-refractivity contribution < 1.29 is 19.1 Å². The van der Waals surface area contributed by atoms with Gasteiger partial charge in [0.05, 0.1) is 5.69 Å². The Morgan fingerprint density at radius 2 is 1.74 bits per heavy atom. The van der Waals surface area contributed by atoms with Crippen LogP contribution >= 0.6 is 11.3 Å². The molecule has 0 aliphatic rings. The molecule has 0 unspecified atom stereocenters. The molecule has 0 aliphatic heterocycles. The van der Waals surface area contributed by atoms with E-state index in [0.29, 0.717) is 5.58 Å². The molecule has 0 aliphatic carbocycles. The number of carboxylic acids is 1. The summed E-state index contributed by atoms with van der Waals surface area (Å²) in [7, 11) is 0. The third-order valence-electron chi connectivity index (χ3n) is 4.28. The fraction of sp³-hybridized carbons (Fsp3) is 0.0476. The van der Waals surface area contributed by atoms with Gasteiger partial charge in [-0.05, 0) is 24.6 Å². The van der Waals surface area contributed by atoms with Crippen LogP contribution in [0.15, 0.2) is 65.1 Å². The van der Waals surface area contributed by atoms with Gasteiger partial charge in [0.2, 0.25) is 0 Å². The molecule has 134 valence electrons. The molecule has 2 aromatic heterocycles. The summed E-state index contributed by atoms with van der Waals surface area (Å²) < 4.78 is 5.67. The highest BCUT2D eigenvalue weighted by Gasteiger charge is 2.22. The lowest BCUT2D eigenvalue weighted by Crippen LogP contribution is -2.13. The Bertz CT molecular complexity index is 1160. The summed E-state index contributed by atoms with van der Waals surface area (Å²) in [6.07, 6.45) is 0. The maximum absolute atomic E-state index is 12.7. The van der Waals surface area contributed by atoms with Crippen LogP contribution < -0.4 is 5.32 Å². The Hall–Kier alpha value is -3.38. The SMILES string of the molecule is Cc1c(C(=O)Nc2cc(-c3ccccc3)sc2C(=O)O)oc2ccccc12. The van der Waals surface area contributed by atoms with Crippen LogP contribution in [0, 0.1) is 6.92 Å². The Morgan fingerprint density at radius 1 is 1.04 bits per heavy atom. The number of amides is 1. The molecule has 2 N–H and O–H groups in total. The lowest BCUT2D eigenvalue weighted by Gasteiger charge is -2.02. The number of hydrogen-bond acceptors (Lipinski definition) is 4. The van der Waals surface area contributed by atoms with E-state index in [1.807, 2.05) is 55.5 Å². The minimum atomic E-state index is -1.08. The molecule has 4 rings (SSSR count). The first-order chi connectivity index (χ1) is 13.0. The number of hydrogen-bond donors (Lipinski definition) is 2. The highest BCUT2D eigenvalue weighted by Crippen LogP contribution is 2.35. The maximum Gasteiger partial charge on any atom is 0.348 e. The second-order valence-electron chi connectivity index (χ2n) is 6.03. The van der Waals surface area contributed by atoms with E-state index in [1.54, 1.807) is 12.1 Å². The Balaban J connectivity index is 1.71. The van der Waals surface area contributed by atoms with Crippen molar-refractivity contribution in [1.82, 2.24) is 0 Å². The Kier molecular flexibility index (Phi) is 4.25. The molecule has 0 atom stereocenters. The van der Waals surface area contributed by atoms with Gasteiger partial charge in [0, 0.05) is 15.8 Å². The first-order valence-corrected chi connectivity index (χ1v) is 9.08. The average molecular weight is 377 g/mol. The molecule has 5 nitrogen and oxygen atoms in total. The first-order valence-electron chi connectivity index (χ1n) is 8.26. The van der Waals surface area contributed by atoms with E-state index < -0.39 is 11.9 Å². The summed E-state index contributed by atoms with van der Waals surface area (Å²) >= 11 is 1.12. The van der Waals surface area contributed by atoms with Crippen LogP contribution in [0.2, 0.25) is 0 Å². The van der Waals surface area contributed by atoms with Crippen LogP contribution in [0.1, 0.15) is 25.8 Å². The van der Waals surface area contributed by atoms with E-state index in [2.05, 4.69) is 5.32 Å². The second-order valence-corrected chi connectivity index (χ2v) is 7.08. The fourth-order valence-electron chi connectivity index (χ4n) is 2.96. The van der Waals surface area contributed by atoms with E-state index in [9.17, 15) is 14.7 Å². The lowest BCUT2D eigenvalue weighted by molar-refractivity contribution is 0.0703. The van der Waals surface area contributed by atoms with Crippen molar-refractivity contribution in [1.29, 1.82) is 0 Å². The number of nitrogens with one attached hydrogen (secondary N) is 1. The predicted octanol–water partition coefficient (Wildman–Crippen LogP) is 5.42. The third kappa shape index (κ3) is 3.11. The Labute approximate surface area is 158 Å². The number of anilines is 1. The fourth-order valence-corrected chi connectivity index (χ4v) is 3.92. The smallest absolute Gasteiger partial charge is 0.348 e. The number of carbonyl (C=O) groups is 2. The van der Waals surface area contributed by atoms with E-state index in [0.717, 1.165) is 32.7 Å². The number of carboxylic acid groups (broad SMARTS) is 1. The second kappa shape index (κ2) is 6.74. The van der Waals surface area contributed by atoms with Gasteiger partial charge < -0.3 is 14.8 Å².